The van der Waals surface area contributed by atoms with Gasteiger partial charge in [0, 0.05) is 12.1 Å². The van der Waals surface area contributed by atoms with Crippen LogP contribution in [-0.2, 0) is 0 Å². The number of rotatable bonds is 6. The van der Waals surface area contributed by atoms with Gasteiger partial charge >= 0.3 is 6.01 Å². The van der Waals surface area contributed by atoms with Gasteiger partial charge in [-0.3, -0.25) is 0 Å². The smallest absolute Gasteiger partial charge is 0.320 e. The zero-order valence-corrected chi connectivity index (χ0v) is 13.7. The molecule has 0 atom stereocenters. The third-order valence-electron chi connectivity index (χ3n) is 4.06. The lowest BCUT2D eigenvalue weighted by Gasteiger charge is -2.26. The van der Waals surface area contributed by atoms with Gasteiger partial charge in [-0.25, -0.2) is 4.98 Å². The molecule has 5 nitrogen and oxygen atoms in total. The molecule has 0 unspecified atom stereocenters. The second kappa shape index (κ2) is 8.02. The summed E-state index contributed by atoms with van der Waals surface area (Å²) in [5, 5.41) is 0. The van der Waals surface area contributed by atoms with E-state index in [1.165, 1.54) is 32.4 Å². The van der Waals surface area contributed by atoms with E-state index < -0.39 is 0 Å². The van der Waals surface area contributed by atoms with Gasteiger partial charge in [0.25, 0.3) is 0 Å². The fourth-order valence-corrected chi connectivity index (χ4v) is 2.87. The molecular weight excluding hydrogens is 288 g/mol. The average Bonchev–Trinajstić information content (AvgIpc) is 2.60. The van der Waals surface area contributed by atoms with E-state index in [0.717, 1.165) is 18.5 Å². The van der Waals surface area contributed by atoms with E-state index in [0.29, 0.717) is 24.3 Å². The van der Waals surface area contributed by atoms with Crippen LogP contribution in [0.25, 0.3) is 11.4 Å². The Morgan fingerprint density at radius 2 is 1.78 bits per heavy atom. The van der Waals surface area contributed by atoms with Gasteiger partial charge < -0.3 is 9.64 Å². The number of aromatic nitrogens is 3. The molecule has 0 radical (unpaired) electrons. The van der Waals surface area contributed by atoms with Crippen molar-refractivity contribution in [1.29, 1.82) is 0 Å². The van der Waals surface area contributed by atoms with Gasteiger partial charge in [0.1, 0.15) is 5.82 Å². The van der Waals surface area contributed by atoms with Gasteiger partial charge in [0.05, 0.1) is 6.61 Å². The van der Waals surface area contributed by atoms with Crippen molar-refractivity contribution >= 4 is 0 Å². The second-order valence-corrected chi connectivity index (χ2v) is 5.96. The van der Waals surface area contributed by atoms with Gasteiger partial charge in [0.15, 0.2) is 5.82 Å². The quantitative estimate of drug-likeness (QED) is 0.767. The lowest BCUT2D eigenvalue weighted by molar-refractivity contribution is 0.200. The predicted molar refractivity (Wildman–Crippen MR) is 90.4 cm³/mol. The average molecular weight is 312 g/mol. The number of piperidine rings is 1. The molecule has 2 heterocycles. The molecule has 0 saturated carbocycles. The minimum absolute atomic E-state index is 0.426. The fourth-order valence-electron chi connectivity index (χ4n) is 2.87. The summed E-state index contributed by atoms with van der Waals surface area (Å²) in [5.41, 5.74) is 0.983. The van der Waals surface area contributed by atoms with Crippen LogP contribution in [0.2, 0.25) is 0 Å². The van der Waals surface area contributed by atoms with Crippen LogP contribution >= 0.6 is 0 Å². The lowest BCUT2D eigenvalue weighted by atomic mass is 10.1. The largest absolute Gasteiger partial charge is 0.463 e. The van der Waals surface area contributed by atoms with E-state index in [2.05, 4.69) is 19.9 Å². The number of ether oxygens (including phenoxy) is 1. The summed E-state index contributed by atoms with van der Waals surface area (Å²) in [6, 6.07) is 10.4. The van der Waals surface area contributed by atoms with Crippen molar-refractivity contribution in [3.05, 3.63) is 36.2 Å². The highest BCUT2D eigenvalue weighted by molar-refractivity contribution is 5.54. The Hall–Kier alpha value is -2.01. The van der Waals surface area contributed by atoms with Crippen LogP contribution in [0.4, 0.5) is 0 Å². The molecule has 1 aromatic heterocycles. The Morgan fingerprint density at radius 1 is 1.00 bits per heavy atom. The SMILES string of the molecule is Cc1nc(OCCCN2CCCCC2)nc(-c2ccccc2)n1. The Bertz CT molecular complexity index is 612. The molecule has 0 N–H and O–H groups in total. The zero-order valence-electron chi connectivity index (χ0n) is 13.7. The summed E-state index contributed by atoms with van der Waals surface area (Å²) in [7, 11) is 0. The van der Waals surface area contributed by atoms with E-state index in [4.69, 9.17) is 4.74 Å². The van der Waals surface area contributed by atoms with E-state index in [1.807, 2.05) is 37.3 Å². The monoisotopic (exact) mass is 312 g/mol. The van der Waals surface area contributed by atoms with Crippen LogP contribution in [0.3, 0.4) is 0 Å². The van der Waals surface area contributed by atoms with Gasteiger partial charge in [-0.15, -0.1) is 0 Å². The number of nitrogens with zero attached hydrogens (tertiary/aromatic N) is 4. The number of likely N-dealkylation sites (tertiary alicyclic amines) is 1. The van der Waals surface area contributed by atoms with Crippen molar-refractivity contribution in [1.82, 2.24) is 19.9 Å². The molecule has 1 aliphatic rings. The van der Waals surface area contributed by atoms with Crippen LogP contribution in [0.15, 0.2) is 30.3 Å². The molecule has 0 aliphatic carbocycles. The molecule has 1 fully saturated rings. The van der Waals surface area contributed by atoms with E-state index in [9.17, 15) is 0 Å². The maximum absolute atomic E-state index is 5.75. The molecule has 2 aromatic rings. The first kappa shape index (κ1) is 15.9. The molecule has 1 aliphatic heterocycles. The Labute approximate surface area is 137 Å². The minimum atomic E-state index is 0.426. The van der Waals surface area contributed by atoms with Crippen molar-refractivity contribution in [2.24, 2.45) is 0 Å². The first-order valence-electron chi connectivity index (χ1n) is 8.44. The van der Waals surface area contributed by atoms with Crippen molar-refractivity contribution in [2.45, 2.75) is 32.6 Å². The number of hydrogen-bond acceptors (Lipinski definition) is 5. The summed E-state index contributed by atoms with van der Waals surface area (Å²) in [5.74, 6) is 1.36. The normalized spacial score (nSPS) is 15.5. The highest BCUT2D eigenvalue weighted by atomic mass is 16.5. The summed E-state index contributed by atoms with van der Waals surface area (Å²) in [6.45, 7) is 6.06. The van der Waals surface area contributed by atoms with Crippen molar-refractivity contribution in [3.63, 3.8) is 0 Å². The zero-order chi connectivity index (χ0) is 15.9. The van der Waals surface area contributed by atoms with Gasteiger partial charge in [-0.1, -0.05) is 36.8 Å². The molecule has 23 heavy (non-hydrogen) atoms. The topological polar surface area (TPSA) is 51.1 Å². The van der Waals surface area contributed by atoms with Crippen molar-refractivity contribution in [2.75, 3.05) is 26.2 Å². The van der Waals surface area contributed by atoms with Crippen molar-refractivity contribution in [3.8, 4) is 17.4 Å². The van der Waals surface area contributed by atoms with Crippen LogP contribution in [0, 0.1) is 6.92 Å². The Kier molecular flexibility index (Phi) is 5.53. The van der Waals surface area contributed by atoms with Crippen LogP contribution in [0.1, 0.15) is 31.5 Å². The minimum Gasteiger partial charge on any atom is -0.463 e. The number of aryl methyl sites for hydroxylation is 1. The maximum Gasteiger partial charge on any atom is 0.320 e. The Morgan fingerprint density at radius 3 is 2.57 bits per heavy atom. The van der Waals surface area contributed by atoms with Gasteiger partial charge in [0.2, 0.25) is 0 Å². The first-order valence-corrected chi connectivity index (χ1v) is 8.44. The summed E-state index contributed by atoms with van der Waals surface area (Å²) in [4.78, 5) is 15.6. The Balaban J connectivity index is 1.54. The fraction of sp³-hybridized carbons (Fsp3) is 0.500. The third kappa shape index (κ3) is 4.73. The molecule has 122 valence electrons. The van der Waals surface area contributed by atoms with E-state index in [1.54, 1.807) is 0 Å². The van der Waals surface area contributed by atoms with Crippen molar-refractivity contribution < 1.29 is 4.74 Å². The second-order valence-electron chi connectivity index (χ2n) is 5.96. The summed E-state index contributed by atoms with van der Waals surface area (Å²) in [6.07, 6.45) is 5.03. The molecular formula is C18H24N4O. The molecule has 1 aromatic carbocycles. The first-order chi connectivity index (χ1) is 11.3. The summed E-state index contributed by atoms with van der Waals surface area (Å²) >= 11 is 0. The highest BCUT2D eigenvalue weighted by Gasteiger charge is 2.10. The van der Waals surface area contributed by atoms with Crippen LogP contribution < -0.4 is 4.74 Å². The maximum atomic E-state index is 5.75. The number of benzene rings is 1. The predicted octanol–water partition coefficient (Wildman–Crippen LogP) is 3.10. The third-order valence-corrected chi connectivity index (χ3v) is 4.06. The van der Waals surface area contributed by atoms with Gasteiger partial charge in [-0.2, -0.15) is 9.97 Å². The van der Waals surface area contributed by atoms with E-state index in [-0.39, 0.29) is 0 Å². The molecule has 3 rings (SSSR count). The van der Waals surface area contributed by atoms with Crippen LogP contribution in [-0.4, -0.2) is 46.1 Å². The molecule has 5 heteroatoms. The molecule has 0 bridgehead atoms. The number of hydrogen-bond donors (Lipinski definition) is 0. The lowest BCUT2D eigenvalue weighted by Crippen LogP contribution is -2.31. The highest BCUT2D eigenvalue weighted by Crippen LogP contribution is 2.16. The standard InChI is InChI=1S/C18H24N4O/c1-15-19-17(16-9-4-2-5-10-16)21-18(20-15)23-14-8-13-22-11-6-3-7-12-22/h2,4-5,9-10H,3,6-8,11-14H2,1H3. The molecule has 0 amide bonds. The summed E-state index contributed by atoms with van der Waals surface area (Å²) < 4.78 is 5.75. The molecule has 1 saturated heterocycles. The van der Waals surface area contributed by atoms with E-state index >= 15 is 0 Å². The molecule has 0 spiro atoms. The van der Waals surface area contributed by atoms with Gasteiger partial charge in [-0.05, 0) is 39.3 Å². The van der Waals surface area contributed by atoms with Crippen LogP contribution in [0.5, 0.6) is 6.01 Å².